The second kappa shape index (κ2) is 14.5. The Balaban J connectivity index is 1.67. The Bertz CT molecular complexity index is 602. The fraction of sp³-hybridized carbons (Fsp3) is 0.741. The van der Waals surface area contributed by atoms with Crippen molar-refractivity contribution >= 4 is 5.97 Å². The molecule has 1 aromatic carbocycles. The zero-order valence-electron chi connectivity index (χ0n) is 19.7. The molecule has 170 valence electrons. The molecule has 0 N–H and O–H groups in total. The maximum atomic E-state index is 12.0. The minimum absolute atomic E-state index is 0.129. The van der Waals surface area contributed by atoms with E-state index < -0.39 is 0 Å². The number of hydrogen-bond donors (Lipinski definition) is 0. The summed E-state index contributed by atoms with van der Waals surface area (Å²) in [6.45, 7) is 7.31. The van der Waals surface area contributed by atoms with Crippen LogP contribution in [0.2, 0.25) is 0 Å². The third-order valence-corrected chi connectivity index (χ3v) is 6.52. The highest BCUT2D eigenvalue weighted by Gasteiger charge is 2.21. The topological polar surface area (TPSA) is 35.5 Å². The Labute approximate surface area is 184 Å². The monoisotopic (exact) mass is 416 g/mol. The van der Waals surface area contributed by atoms with Crippen molar-refractivity contribution in [3.8, 4) is 11.5 Å². The maximum absolute atomic E-state index is 12.0. The zero-order chi connectivity index (χ0) is 21.6. The van der Waals surface area contributed by atoms with Gasteiger partial charge in [-0.15, -0.1) is 0 Å². The van der Waals surface area contributed by atoms with Crippen molar-refractivity contribution in [2.75, 3.05) is 6.61 Å². The van der Waals surface area contributed by atoms with Crippen molar-refractivity contribution in [1.29, 1.82) is 0 Å². The zero-order valence-corrected chi connectivity index (χ0v) is 19.7. The Kier molecular flexibility index (Phi) is 12.0. The molecule has 3 nitrogen and oxygen atoms in total. The minimum Gasteiger partial charge on any atom is -0.493 e. The van der Waals surface area contributed by atoms with E-state index in [1.54, 1.807) is 0 Å². The molecule has 1 saturated carbocycles. The number of carbonyl (C=O) groups is 1. The van der Waals surface area contributed by atoms with Gasteiger partial charge in [0.25, 0.3) is 0 Å². The van der Waals surface area contributed by atoms with Crippen LogP contribution in [0.1, 0.15) is 109 Å². The Hall–Kier alpha value is -1.51. The van der Waals surface area contributed by atoms with Crippen LogP contribution in [-0.2, 0) is 4.79 Å². The smallest absolute Gasteiger partial charge is 0.311 e. The predicted molar refractivity (Wildman–Crippen MR) is 125 cm³/mol. The quantitative estimate of drug-likeness (QED) is 0.175. The van der Waals surface area contributed by atoms with Gasteiger partial charge in [-0.3, -0.25) is 4.79 Å². The number of unbranched alkanes of at least 4 members (excludes halogenated alkanes) is 6. The summed E-state index contributed by atoms with van der Waals surface area (Å²) in [6.07, 6.45) is 17.0. The summed E-state index contributed by atoms with van der Waals surface area (Å²) in [7, 11) is 0. The van der Waals surface area contributed by atoms with E-state index in [4.69, 9.17) is 9.47 Å². The first-order valence-corrected chi connectivity index (χ1v) is 12.6. The molecular formula is C27H44O3. The van der Waals surface area contributed by atoms with Crippen molar-refractivity contribution in [3.05, 3.63) is 23.8 Å². The lowest BCUT2D eigenvalue weighted by atomic mass is 9.80. The van der Waals surface area contributed by atoms with Gasteiger partial charge in [0.05, 0.1) is 6.61 Å². The Morgan fingerprint density at radius 3 is 2.27 bits per heavy atom. The molecule has 1 aromatic rings. The molecule has 0 aliphatic heterocycles. The Morgan fingerprint density at radius 1 is 0.900 bits per heavy atom. The van der Waals surface area contributed by atoms with E-state index in [1.807, 2.05) is 25.1 Å². The van der Waals surface area contributed by atoms with Gasteiger partial charge >= 0.3 is 5.97 Å². The third-order valence-electron chi connectivity index (χ3n) is 6.52. The molecule has 1 aliphatic rings. The number of aryl methyl sites for hydroxylation is 1. The van der Waals surface area contributed by atoms with Gasteiger partial charge in [-0.05, 0) is 61.8 Å². The van der Waals surface area contributed by atoms with E-state index in [-0.39, 0.29) is 5.97 Å². The number of carbonyl (C=O) groups excluding carboxylic acids is 1. The van der Waals surface area contributed by atoms with Gasteiger partial charge in [0.2, 0.25) is 0 Å². The summed E-state index contributed by atoms with van der Waals surface area (Å²) in [5, 5.41) is 0. The fourth-order valence-electron chi connectivity index (χ4n) is 4.48. The van der Waals surface area contributed by atoms with Crippen LogP contribution in [0.5, 0.6) is 11.5 Å². The molecule has 0 heterocycles. The summed E-state index contributed by atoms with van der Waals surface area (Å²) in [5.41, 5.74) is 1.04. The average Bonchev–Trinajstić information content (AvgIpc) is 2.74. The van der Waals surface area contributed by atoms with E-state index in [0.717, 1.165) is 36.7 Å². The highest BCUT2D eigenvalue weighted by atomic mass is 16.5. The molecule has 0 spiro atoms. The third kappa shape index (κ3) is 9.53. The standard InChI is InChI=1S/C27H44O3/c1-4-6-8-9-11-13-27(28)30-25-18-19-26(22(3)20-25)29-21-24-16-14-23(15-17-24)12-10-7-5-2/h18-20,23-24H,4-17,21H2,1-3H3. The van der Waals surface area contributed by atoms with Crippen LogP contribution in [0, 0.1) is 18.8 Å². The number of benzene rings is 1. The molecule has 0 bridgehead atoms. The lowest BCUT2D eigenvalue weighted by molar-refractivity contribution is -0.134. The highest BCUT2D eigenvalue weighted by Crippen LogP contribution is 2.33. The van der Waals surface area contributed by atoms with Crippen molar-refractivity contribution in [1.82, 2.24) is 0 Å². The van der Waals surface area contributed by atoms with Crippen molar-refractivity contribution in [3.63, 3.8) is 0 Å². The normalized spacial score (nSPS) is 18.9. The number of esters is 1. The molecule has 0 unspecified atom stereocenters. The molecule has 0 amide bonds. The van der Waals surface area contributed by atoms with E-state index in [2.05, 4.69) is 13.8 Å². The highest BCUT2D eigenvalue weighted by molar-refractivity contribution is 5.72. The first kappa shape index (κ1) is 24.8. The van der Waals surface area contributed by atoms with Crippen LogP contribution in [0.25, 0.3) is 0 Å². The average molecular weight is 417 g/mol. The number of hydrogen-bond acceptors (Lipinski definition) is 3. The molecule has 2 rings (SSSR count). The lowest BCUT2D eigenvalue weighted by Crippen LogP contribution is -2.20. The molecule has 0 radical (unpaired) electrons. The van der Waals surface area contributed by atoms with Crippen LogP contribution in [-0.4, -0.2) is 12.6 Å². The summed E-state index contributed by atoms with van der Waals surface area (Å²) >= 11 is 0. The van der Waals surface area contributed by atoms with Crippen molar-refractivity contribution in [2.45, 2.75) is 111 Å². The summed E-state index contributed by atoms with van der Waals surface area (Å²) in [4.78, 5) is 12.0. The van der Waals surface area contributed by atoms with E-state index >= 15 is 0 Å². The SMILES string of the molecule is CCCCCCCC(=O)Oc1ccc(OCC2CCC(CCCCC)CC2)c(C)c1. The van der Waals surface area contributed by atoms with Gasteiger partial charge in [0.15, 0.2) is 0 Å². The molecular weight excluding hydrogens is 372 g/mol. The Morgan fingerprint density at radius 2 is 1.57 bits per heavy atom. The summed E-state index contributed by atoms with van der Waals surface area (Å²) < 4.78 is 11.6. The molecule has 30 heavy (non-hydrogen) atoms. The molecule has 0 saturated heterocycles. The molecule has 1 aliphatic carbocycles. The van der Waals surface area contributed by atoms with Crippen LogP contribution in [0.15, 0.2) is 18.2 Å². The van der Waals surface area contributed by atoms with Gasteiger partial charge < -0.3 is 9.47 Å². The first-order chi connectivity index (χ1) is 14.6. The second-order valence-electron chi connectivity index (χ2n) is 9.26. The molecule has 0 atom stereocenters. The fourth-order valence-corrected chi connectivity index (χ4v) is 4.48. The van der Waals surface area contributed by atoms with Gasteiger partial charge in [-0.2, -0.15) is 0 Å². The van der Waals surface area contributed by atoms with Crippen LogP contribution in [0.4, 0.5) is 0 Å². The van der Waals surface area contributed by atoms with E-state index in [9.17, 15) is 4.79 Å². The summed E-state index contributed by atoms with van der Waals surface area (Å²) in [6, 6.07) is 5.74. The van der Waals surface area contributed by atoms with Gasteiger partial charge in [0, 0.05) is 6.42 Å². The summed E-state index contributed by atoms with van der Waals surface area (Å²) in [5.74, 6) is 3.04. The van der Waals surface area contributed by atoms with Gasteiger partial charge in [0.1, 0.15) is 11.5 Å². The van der Waals surface area contributed by atoms with E-state index in [1.165, 1.54) is 70.6 Å². The maximum Gasteiger partial charge on any atom is 0.311 e. The van der Waals surface area contributed by atoms with Gasteiger partial charge in [-0.25, -0.2) is 0 Å². The van der Waals surface area contributed by atoms with Gasteiger partial charge in [-0.1, -0.05) is 78.1 Å². The van der Waals surface area contributed by atoms with Crippen LogP contribution >= 0.6 is 0 Å². The van der Waals surface area contributed by atoms with Crippen molar-refractivity contribution in [2.24, 2.45) is 11.8 Å². The van der Waals surface area contributed by atoms with E-state index in [0.29, 0.717) is 18.1 Å². The lowest BCUT2D eigenvalue weighted by Gasteiger charge is -2.28. The van der Waals surface area contributed by atoms with Crippen molar-refractivity contribution < 1.29 is 14.3 Å². The van der Waals surface area contributed by atoms with Crippen LogP contribution < -0.4 is 9.47 Å². The molecule has 3 heteroatoms. The van der Waals surface area contributed by atoms with Crippen LogP contribution in [0.3, 0.4) is 0 Å². The molecule has 1 fully saturated rings. The first-order valence-electron chi connectivity index (χ1n) is 12.6. The predicted octanol–water partition coefficient (Wildman–Crippen LogP) is 8.03. The number of rotatable bonds is 14. The minimum atomic E-state index is -0.129. The molecule has 0 aromatic heterocycles. The number of ether oxygens (including phenoxy) is 2. The second-order valence-corrected chi connectivity index (χ2v) is 9.26. The largest absolute Gasteiger partial charge is 0.493 e.